The second-order valence-electron chi connectivity index (χ2n) is 11.6. The van der Waals surface area contributed by atoms with Crippen LogP contribution in [-0.2, 0) is 22.4 Å². The Morgan fingerprint density at radius 1 is 0.706 bits per heavy atom. The molecule has 0 saturated heterocycles. The number of nitrogens with one attached hydrogen (secondary N) is 2. The molecule has 1 aliphatic rings. The van der Waals surface area contributed by atoms with Crippen LogP contribution in [0.25, 0.3) is 6.08 Å². The largest absolute Gasteiger partial charge is 0.496 e. The number of hydrogen-bond donors (Lipinski definition) is 2. The van der Waals surface area contributed by atoms with Crippen molar-refractivity contribution in [2.75, 3.05) is 37.3 Å². The van der Waals surface area contributed by atoms with Gasteiger partial charge in [0.2, 0.25) is 5.91 Å². The van der Waals surface area contributed by atoms with Gasteiger partial charge in [-0.2, -0.15) is 0 Å². The van der Waals surface area contributed by atoms with Crippen molar-refractivity contribution in [3.05, 3.63) is 143 Å². The number of para-hydroxylation sites is 2. The minimum Gasteiger partial charge on any atom is -0.496 e. The number of hydrogen-bond acceptors (Lipinski definition) is 7. The van der Waals surface area contributed by atoms with Crippen molar-refractivity contribution in [3.8, 4) is 17.2 Å². The van der Waals surface area contributed by atoms with Gasteiger partial charge >= 0.3 is 0 Å². The summed E-state index contributed by atoms with van der Waals surface area (Å²) in [5, 5.41) is 5.63. The fourth-order valence-electron chi connectivity index (χ4n) is 5.85. The molecule has 3 amide bonds. The minimum atomic E-state index is -0.551. The van der Waals surface area contributed by atoms with Crippen molar-refractivity contribution in [1.29, 1.82) is 0 Å². The van der Waals surface area contributed by atoms with Gasteiger partial charge in [-0.05, 0) is 84.6 Å². The molecular weight excluding hydrogens is 663 g/mol. The van der Waals surface area contributed by atoms with E-state index in [0.29, 0.717) is 34.1 Å². The standard InChI is InChI=1S/C41H37N3O6S/c1-48-36-25-38(50-3)37(49-2)24-30(36)23-33(43-40(46)29-13-5-4-6-14-29)41(47)42-31-19-21-32(22-20-31)51-26-39(45)44-34-15-9-7-11-27(34)17-18-28-12-8-10-16-35(28)44/h4-16,19-25H,17-18,26H2,1-3H3,(H,42,47)(H,43,46)/b33-23-. The van der Waals surface area contributed by atoms with Crippen LogP contribution in [-0.4, -0.2) is 44.8 Å². The van der Waals surface area contributed by atoms with Crippen molar-refractivity contribution >= 4 is 52.6 Å². The van der Waals surface area contributed by atoms with Gasteiger partial charge in [-0.25, -0.2) is 0 Å². The van der Waals surface area contributed by atoms with Crippen molar-refractivity contribution in [3.63, 3.8) is 0 Å². The summed E-state index contributed by atoms with van der Waals surface area (Å²) >= 11 is 1.42. The summed E-state index contributed by atoms with van der Waals surface area (Å²) in [4.78, 5) is 43.4. The molecule has 0 saturated carbocycles. The smallest absolute Gasteiger partial charge is 0.272 e. The summed E-state index contributed by atoms with van der Waals surface area (Å²) < 4.78 is 16.4. The lowest BCUT2D eigenvalue weighted by molar-refractivity contribution is -0.115. The Labute approximate surface area is 301 Å². The predicted octanol–water partition coefficient (Wildman–Crippen LogP) is 7.68. The van der Waals surface area contributed by atoms with Crippen LogP contribution < -0.4 is 29.7 Å². The molecule has 0 bridgehead atoms. The monoisotopic (exact) mass is 699 g/mol. The molecule has 51 heavy (non-hydrogen) atoms. The summed E-state index contributed by atoms with van der Waals surface area (Å²) in [6.45, 7) is 0. The number of rotatable bonds is 11. The first-order chi connectivity index (χ1) is 24.9. The van der Waals surface area contributed by atoms with E-state index in [1.807, 2.05) is 53.4 Å². The number of aryl methyl sites for hydroxylation is 2. The number of carbonyl (C=O) groups is 3. The maximum atomic E-state index is 13.8. The number of anilines is 3. The van der Waals surface area contributed by atoms with E-state index >= 15 is 0 Å². The lowest BCUT2D eigenvalue weighted by Gasteiger charge is -2.25. The summed E-state index contributed by atoms with van der Waals surface area (Å²) in [5.74, 6) is 0.484. The van der Waals surface area contributed by atoms with E-state index in [4.69, 9.17) is 14.2 Å². The van der Waals surface area contributed by atoms with Crippen LogP contribution >= 0.6 is 11.8 Å². The Balaban J connectivity index is 1.19. The summed E-state index contributed by atoms with van der Waals surface area (Å²) in [5.41, 5.74) is 5.48. The van der Waals surface area contributed by atoms with Crippen molar-refractivity contribution in [2.45, 2.75) is 17.7 Å². The average Bonchev–Trinajstić information content (AvgIpc) is 3.34. The fraction of sp³-hybridized carbons (Fsp3) is 0.146. The molecule has 5 aromatic carbocycles. The molecule has 0 aliphatic carbocycles. The Morgan fingerprint density at radius 3 is 1.88 bits per heavy atom. The zero-order chi connectivity index (χ0) is 35.7. The molecule has 0 aromatic heterocycles. The summed E-state index contributed by atoms with van der Waals surface area (Å²) in [6, 6.07) is 35.3. The van der Waals surface area contributed by atoms with E-state index < -0.39 is 11.8 Å². The zero-order valence-electron chi connectivity index (χ0n) is 28.5. The molecule has 0 fully saturated rings. The molecule has 1 heterocycles. The van der Waals surface area contributed by atoms with E-state index in [1.165, 1.54) is 39.2 Å². The molecule has 10 heteroatoms. The minimum absolute atomic E-state index is 0.0172. The van der Waals surface area contributed by atoms with E-state index in [0.717, 1.165) is 40.2 Å². The van der Waals surface area contributed by atoms with Gasteiger partial charge in [-0.1, -0.05) is 54.6 Å². The van der Waals surface area contributed by atoms with Crippen LogP contribution in [0.3, 0.4) is 0 Å². The van der Waals surface area contributed by atoms with E-state index in [1.54, 1.807) is 54.6 Å². The Hall–Kier alpha value is -6.00. The molecule has 2 N–H and O–H groups in total. The normalized spacial score (nSPS) is 12.1. The summed E-state index contributed by atoms with van der Waals surface area (Å²) in [6.07, 6.45) is 3.25. The van der Waals surface area contributed by atoms with E-state index in [9.17, 15) is 14.4 Å². The highest BCUT2D eigenvalue weighted by Gasteiger charge is 2.25. The third-order valence-electron chi connectivity index (χ3n) is 8.42. The lowest BCUT2D eigenvalue weighted by atomic mass is 10.0. The Bertz CT molecular complexity index is 2030. The second-order valence-corrected chi connectivity index (χ2v) is 12.6. The van der Waals surface area contributed by atoms with Crippen LogP contribution in [0.15, 0.2) is 126 Å². The fourth-order valence-corrected chi connectivity index (χ4v) is 6.60. The van der Waals surface area contributed by atoms with Gasteiger partial charge in [0.05, 0.1) is 38.5 Å². The van der Waals surface area contributed by atoms with E-state index in [2.05, 4.69) is 22.8 Å². The number of nitrogens with zero attached hydrogens (tertiary/aromatic N) is 1. The maximum Gasteiger partial charge on any atom is 0.272 e. The number of thioether (sulfide) groups is 1. The highest BCUT2D eigenvalue weighted by Crippen LogP contribution is 2.38. The number of benzene rings is 5. The average molecular weight is 700 g/mol. The second kappa shape index (κ2) is 16.1. The van der Waals surface area contributed by atoms with Gasteiger partial charge in [-0.15, -0.1) is 11.8 Å². The third kappa shape index (κ3) is 8.08. The number of ether oxygens (including phenoxy) is 3. The molecule has 0 atom stereocenters. The van der Waals surface area contributed by atoms with Crippen molar-refractivity contribution in [2.24, 2.45) is 0 Å². The molecule has 9 nitrogen and oxygen atoms in total. The highest BCUT2D eigenvalue weighted by molar-refractivity contribution is 8.00. The molecule has 6 rings (SSSR count). The first-order valence-corrected chi connectivity index (χ1v) is 17.3. The third-order valence-corrected chi connectivity index (χ3v) is 9.41. The van der Waals surface area contributed by atoms with Crippen LogP contribution in [0.1, 0.15) is 27.0 Å². The Kier molecular flexibility index (Phi) is 11.0. The van der Waals surface area contributed by atoms with Crippen molar-refractivity contribution < 1.29 is 28.6 Å². The van der Waals surface area contributed by atoms with Crippen LogP contribution in [0.4, 0.5) is 17.1 Å². The number of carbonyl (C=O) groups excluding carboxylic acids is 3. The topological polar surface area (TPSA) is 106 Å². The molecule has 5 aromatic rings. The van der Waals surface area contributed by atoms with Crippen LogP contribution in [0.5, 0.6) is 17.2 Å². The molecule has 258 valence electrons. The van der Waals surface area contributed by atoms with Crippen LogP contribution in [0, 0.1) is 0 Å². The van der Waals surface area contributed by atoms with Crippen LogP contribution in [0.2, 0.25) is 0 Å². The van der Waals surface area contributed by atoms with Gasteiger partial charge in [0.1, 0.15) is 11.4 Å². The maximum absolute atomic E-state index is 13.8. The zero-order valence-corrected chi connectivity index (χ0v) is 29.3. The van der Waals surface area contributed by atoms with E-state index in [-0.39, 0.29) is 17.4 Å². The number of fused-ring (bicyclic) bond motifs is 2. The number of amides is 3. The molecule has 0 spiro atoms. The first-order valence-electron chi connectivity index (χ1n) is 16.3. The SMILES string of the molecule is COc1cc(OC)c(OC)cc1/C=C(\NC(=O)c1ccccc1)C(=O)Nc1ccc(SCC(=O)N2c3ccccc3CCc3ccccc32)cc1. The van der Waals surface area contributed by atoms with Gasteiger partial charge in [-0.3, -0.25) is 19.3 Å². The predicted molar refractivity (Wildman–Crippen MR) is 201 cm³/mol. The first kappa shape index (κ1) is 34.8. The Morgan fingerprint density at radius 2 is 1.27 bits per heavy atom. The summed E-state index contributed by atoms with van der Waals surface area (Å²) in [7, 11) is 4.52. The molecular formula is C41H37N3O6S. The molecule has 0 radical (unpaired) electrons. The van der Waals surface area contributed by atoms with Gasteiger partial charge in [0, 0.05) is 27.8 Å². The van der Waals surface area contributed by atoms with Crippen molar-refractivity contribution in [1.82, 2.24) is 5.32 Å². The quantitative estimate of drug-likeness (QED) is 0.108. The van der Waals surface area contributed by atoms with Gasteiger partial charge < -0.3 is 24.8 Å². The highest BCUT2D eigenvalue weighted by atomic mass is 32.2. The van der Waals surface area contributed by atoms with Gasteiger partial charge in [0.15, 0.2) is 11.5 Å². The number of methoxy groups -OCH3 is 3. The molecule has 0 unspecified atom stereocenters. The lowest BCUT2D eigenvalue weighted by Crippen LogP contribution is -2.30. The van der Waals surface area contributed by atoms with Gasteiger partial charge in [0.25, 0.3) is 11.8 Å². The molecule has 1 aliphatic heterocycles.